The predicted octanol–water partition coefficient (Wildman–Crippen LogP) is 3.38. The van der Waals surface area contributed by atoms with E-state index < -0.39 is 0 Å². The van der Waals surface area contributed by atoms with Gasteiger partial charge in [-0.3, -0.25) is 0 Å². The van der Waals surface area contributed by atoms with E-state index in [2.05, 4.69) is 67.3 Å². The van der Waals surface area contributed by atoms with Crippen LogP contribution in [0.1, 0.15) is 59.1 Å². The molecule has 118 valence electrons. The minimum absolute atomic E-state index is 0.107. The molecule has 1 aromatic rings. The Morgan fingerprint density at radius 1 is 1.14 bits per heavy atom. The van der Waals surface area contributed by atoms with Gasteiger partial charge in [0.25, 0.3) is 0 Å². The Labute approximate surface area is 129 Å². The molecule has 0 atom stereocenters. The highest BCUT2D eigenvalue weighted by Crippen LogP contribution is 2.28. The average Bonchev–Trinajstić information content (AvgIpc) is 2.45. The second kappa shape index (κ2) is 6.73. The van der Waals surface area contributed by atoms with E-state index in [0.29, 0.717) is 6.04 Å². The molecule has 0 aliphatic heterocycles. The van der Waals surface area contributed by atoms with Crippen LogP contribution in [0.25, 0.3) is 0 Å². The van der Waals surface area contributed by atoms with Crippen LogP contribution >= 0.6 is 0 Å². The van der Waals surface area contributed by atoms with Gasteiger partial charge in [-0.15, -0.1) is 5.10 Å². The number of aromatic nitrogens is 2. The van der Waals surface area contributed by atoms with Crippen molar-refractivity contribution >= 4 is 5.82 Å². The summed E-state index contributed by atoms with van der Waals surface area (Å²) >= 11 is 0. The third-order valence-corrected chi connectivity index (χ3v) is 4.40. The first-order valence-electron chi connectivity index (χ1n) is 8.15. The lowest BCUT2D eigenvalue weighted by atomic mass is 9.87. The summed E-state index contributed by atoms with van der Waals surface area (Å²) in [4.78, 5) is 2.31. The summed E-state index contributed by atoms with van der Waals surface area (Å²) in [6.45, 7) is 9.60. The van der Waals surface area contributed by atoms with Crippen molar-refractivity contribution in [2.24, 2.45) is 5.92 Å². The van der Waals surface area contributed by atoms with Gasteiger partial charge < -0.3 is 10.2 Å². The first-order chi connectivity index (χ1) is 9.85. The molecule has 0 unspecified atom stereocenters. The summed E-state index contributed by atoms with van der Waals surface area (Å²) in [5.41, 5.74) is 1.11. The normalized spacial score (nSPS) is 23.1. The number of hydrogen-bond donors (Lipinski definition) is 1. The fourth-order valence-electron chi connectivity index (χ4n) is 2.81. The molecule has 1 aliphatic carbocycles. The summed E-state index contributed by atoms with van der Waals surface area (Å²) in [7, 11) is 2.15. The molecule has 1 heterocycles. The maximum Gasteiger partial charge on any atom is 0.151 e. The Morgan fingerprint density at radius 2 is 1.81 bits per heavy atom. The summed E-state index contributed by atoms with van der Waals surface area (Å²) in [6, 6.07) is 4.81. The third-order valence-electron chi connectivity index (χ3n) is 4.40. The van der Waals surface area contributed by atoms with Crippen molar-refractivity contribution in [2.75, 3.05) is 11.9 Å². The standard InChI is InChI=1S/C17H30N4/c1-13-6-9-15(10-7-13)21(5)16-11-8-14(19-20-16)12-18-17(2,3)4/h8,11,13,15,18H,6-7,9-10,12H2,1-5H3. The lowest BCUT2D eigenvalue weighted by Crippen LogP contribution is -2.36. The lowest BCUT2D eigenvalue weighted by molar-refractivity contribution is 0.339. The number of nitrogens with zero attached hydrogens (tertiary/aromatic N) is 3. The van der Waals surface area contributed by atoms with Gasteiger partial charge in [0.05, 0.1) is 5.69 Å². The Balaban J connectivity index is 1.92. The van der Waals surface area contributed by atoms with Gasteiger partial charge in [0.15, 0.2) is 5.82 Å². The van der Waals surface area contributed by atoms with Crippen LogP contribution in [-0.2, 0) is 6.54 Å². The predicted molar refractivity (Wildman–Crippen MR) is 88.4 cm³/mol. The van der Waals surface area contributed by atoms with Gasteiger partial charge in [0.1, 0.15) is 0 Å². The van der Waals surface area contributed by atoms with Crippen molar-refractivity contribution in [3.63, 3.8) is 0 Å². The average molecular weight is 290 g/mol. The van der Waals surface area contributed by atoms with E-state index in [1.54, 1.807) is 0 Å². The van der Waals surface area contributed by atoms with Crippen molar-refractivity contribution in [1.29, 1.82) is 0 Å². The molecule has 1 aliphatic rings. The van der Waals surface area contributed by atoms with Gasteiger partial charge in [-0.05, 0) is 64.5 Å². The second-order valence-corrected chi connectivity index (χ2v) is 7.51. The monoisotopic (exact) mass is 290 g/mol. The van der Waals surface area contributed by atoms with E-state index in [1.165, 1.54) is 25.7 Å². The van der Waals surface area contributed by atoms with E-state index >= 15 is 0 Å². The second-order valence-electron chi connectivity index (χ2n) is 7.51. The highest BCUT2D eigenvalue weighted by Gasteiger charge is 2.22. The molecule has 4 nitrogen and oxygen atoms in total. The third kappa shape index (κ3) is 4.95. The first-order valence-corrected chi connectivity index (χ1v) is 8.15. The molecule has 0 aromatic carbocycles. The van der Waals surface area contributed by atoms with E-state index in [-0.39, 0.29) is 5.54 Å². The fraction of sp³-hybridized carbons (Fsp3) is 0.765. The quantitative estimate of drug-likeness (QED) is 0.923. The number of nitrogens with one attached hydrogen (secondary N) is 1. The molecule has 0 saturated heterocycles. The Kier molecular flexibility index (Phi) is 5.20. The van der Waals surface area contributed by atoms with Crippen molar-refractivity contribution in [3.05, 3.63) is 17.8 Å². The van der Waals surface area contributed by atoms with Crippen LogP contribution in [0, 0.1) is 5.92 Å². The van der Waals surface area contributed by atoms with Crippen molar-refractivity contribution in [2.45, 2.75) is 71.5 Å². The smallest absolute Gasteiger partial charge is 0.151 e. The van der Waals surface area contributed by atoms with Crippen molar-refractivity contribution in [3.8, 4) is 0 Å². The molecular formula is C17H30N4. The van der Waals surface area contributed by atoms with Gasteiger partial charge in [0.2, 0.25) is 0 Å². The maximum absolute atomic E-state index is 4.41. The van der Waals surface area contributed by atoms with Gasteiger partial charge in [0, 0.05) is 25.2 Å². The topological polar surface area (TPSA) is 41.0 Å². The minimum atomic E-state index is 0.107. The van der Waals surface area contributed by atoms with Crippen LogP contribution in [0.5, 0.6) is 0 Å². The van der Waals surface area contributed by atoms with Crippen molar-refractivity contribution in [1.82, 2.24) is 15.5 Å². The van der Waals surface area contributed by atoms with Crippen molar-refractivity contribution < 1.29 is 0 Å². The zero-order valence-electron chi connectivity index (χ0n) is 14.2. The summed E-state index contributed by atoms with van der Waals surface area (Å²) in [6.07, 6.45) is 5.20. The fourth-order valence-corrected chi connectivity index (χ4v) is 2.81. The lowest BCUT2D eigenvalue weighted by Gasteiger charge is -2.34. The van der Waals surface area contributed by atoms with Gasteiger partial charge in [-0.1, -0.05) is 6.92 Å². The minimum Gasteiger partial charge on any atom is -0.355 e. The van der Waals surface area contributed by atoms with E-state index in [1.807, 2.05) is 0 Å². The molecule has 0 spiro atoms. The highest BCUT2D eigenvalue weighted by molar-refractivity contribution is 5.37. The van der Waals surface area contributed by atoms with E-state index in [9.17, 15) is 0 Å². The van der Waals surface area contributed by atoms with Crippen LogP contribution in [0.2, 0.25) is 0 Å². The summed E-state index contributed by atoms with van der Waals surface area (Å²) in [5.74, 6) is 1.88. The first kappa shape index (κ1) is 16.2. The zero-order chi connectivity index (χ0) is 15.5. The summed E-state index contributed by atoms with van der Waals surface area (Å²) < 4.78 is 0. The molecule has 0 radical (unpaired) electrons. The SMILES string of the molecule is CC1CCC(N(C)c2ccc(CNC(C)(C)C)nn2)CC1. The molecule has 21 heavy (non-hydrogen) atoms. The van der Waals surface area contributed by atoms with Crippen LogP contribution in [0.3, 0.4) is 0 Å². The number of anilines is 1. The van der Waals surface area contributed by atoms with Crippen LogP contribution in [-0.4, -0.2) is 28.8 Å². The molecule has 1 saturated carbocycles. The van der Waals surface area contributed by atoms with Gasteiger partial charge >= 0.3 is 0 Å². The molecular weight excluding hydrogens is 260 g/mol. The van der Waals surface area contributed by atoms with E-state index in [0.717, 1.165) is 24.0 Å². The number of rotatable bonds is 4. The molecule has 0 bridgehead atoms. The maximum atomic E-state index is 4.41. The zero-order valence-corrected chi connectivity index (χ0v) is 14.2. The Morgan fingerprint density at radius 3 is 2.33 bits per heavy atom. The molecule has 1 N–H and O–H groups in total. The van der Waals surface area contributed by atoms with Crippen LogP contribution < -0.4 is 10.2 Å². The largest absolute Gasteiger partial charge is 0.355 e. The molecule has 1 aromatic heterocycles. The Hall–Kier alpha value is -1.16. The summed E-state index contributed by atoms with van der Waals surface area (Å²) in [5, 5.41) is 12.2. The van der Waals surface area contributed by atoms with Crippen LogP contribution in [0.15, 0.2) is 12.1 Å². The highest BCUT2D eigenvalue weighted by atomic mass is 15.3. The molecule has 0 amide bonds. The van der Waals surface area contributed by atoms with E-state index in [4.69, 9.17) is 0 Å². The van der Waals surface area contributed by atoms with Gasteiger partial charge in [-0.25, -0.2) is 0 Å². The molecule has 1 fully saturated rings. The molecule has 4 heteroatoms. The van der Waals surface area contributed by atoms with Gasteiger partial charge in [-0.2, -0.15) is 5.10 Å². The number of hydrogen-bond acceptors (Lipinski definition) is 4. The molecule has 2 rings (SSSR count). The Bertz CT molecular complexity index is 427. The van der Waals surface area contributed by atoms with Crippen LogP contribution in [0.4, 0.5) is 5.82 Å².